The van der Waals surface area contributed by atoms with E-state index in [1.165, 1.54) is 11.1 Å². The zero-order valence-corrected chi connectivity index (χ0v) is 14.2. The highest BCUT2D eigenvalue weighted by Crippen LogP contribution is 2.25. The predicted octanol–water partition coefficient (Wildman–Crippen LogP) is 4.06. The summed E-state index contributed by atoms with van der Waals surface area (Å²) in [5.41, 5.74) is 5.32. The van der Waals surface area contributed by atoms with Gasteiger partial charge in [-0.2, -0.15) is 0 Å². The third-order valence-corrected chi connectivity index (χ3v) is 3.90. The molecule has 0 atom stereocenters. The van der Waals surface area contributed by atoms with E-state index in [9.17, 15) is 4.79 Å². The first-order valence-corrected chi connectivity index (χ1v) is 7.76. The van der Waals surface area contributed by atoms with Crippen LogP contribution in [0.3, 0.4) is 0 Å². The van der Waals surface area contributed by atoms with Gasteiger partial charge in [-0.1, -0.05) is 18.2 Å². The van der Waals surface area contributed by atoms with Crippen molar-refractivity contribution >= 4 is 17.3 Å². The van der Waals surface area contributed by atoms with Crippen LogP contribution in [0.2, 0.25) is 0 Å². The van der Waals surface area contributed by atoms with Crippen molar-refractivity contribution in [2.24, 2.45) is 0 Å². The SMILES string of the molecule is COc1ccc(C)cc1NC(=O)CCNc1cccc(C)c1C. The molecule has 0 saturated carbocycles. The van der Waals surface area contributed by atoms with Gasteiger partial charge >= 0.3 is 0 Å². The summed E-state index contributed by atoms with van der Waals surface area (Å²) in [5, 5.41) is 6.23. The molecule has 2 rings (SSSR count). The Morgan fingerprint density at radius 3 is 2.61 bits per heavy atom. The van der Waals surface area contributed by atoms with E-state index in [2.05, 4.69) is 30.5 Å². The van der Waals surface area contributed by atoms with Gasteiger partial charge in [0, 0.05) is 18.7 Å². The number of methoxy groups -OCH3 is 1. The molecular formula is C19H24N2O2. The molecule has 23 heavy (non-hydrogen) atoms. The lowest BCUT2D eigenvalue weighted by Gasteiger charge is -2.13. The molecule has 0 spiro atoms. The molecule has 1 amide bonds. The van der Waals surface area contributed by atoms with E-state index in [0.29, 0.717) is 24.4 Å². The summed E-state index contributed by atoms with van der Waals surface area (Å²) in [6.45, 7) is 6.73. The van der Waals surface area contributed by atoms with Crippen LogP contribution >= 0.6 is 0 Å². The number of ether oxygens (including phenoxy) is 1. The van der Waals surface area contributed by atoms with Crippen molar-refractivity contribution in [3.8, 4) is 5.75 Å². The lowest BCUT2D eigenvalue weighted by atomic mass is 10.1. The highest BCUT2D eigenvalue weighted by atomic mass is 16.5. The first kappa shape index (κ1) is 16.9. The Morgan fingerprint density at radius 1 is 1.09 bits per heavy atom. The average molecular weight is 312 g/mol. The predicted molar refractivity (Wildman–Crippen MR) is 95.4 cm³/mol. The van der Waals surface area contributed by atoms with E-state index in [1.807, 2.05) is 37.3 Å². The molecule has 0 bridgehead atoms. The molecule has 2 N–H and O–H groups in total. The number of anilines is 2. The molecule has 0 fully saturated rings. The van der Waals surface area contributed by atoms with E-state index in [4.69, 9.17) is 4.74 Å². The number of benzene rings is 2. The normalized spacial score (nSPS) is 10.3. The minimum absolute atomic E-state index is 0.0355. The monoisotopic (exact) mass is 312 g/mol. The van der Waals surface area contributed by atoms with Crippen LogP contribution in [0, 0.1) is 20.8 Å². The molecule has 0 heterocycles. The molecule has 0 unspecified atom stereocenters. The zero-order chi connectivity index (χ0) is 16.8. The topological polar surface area (TPSA) is 50.4 Å². The van der Waals surface area contributed by atoms with Gasteiger partial charge in [0.1, 0.15) is 5.75 Å². The van der Waals surface area contributed by atoms with Gasteiger partial charge in [-0.15, -0.1) is 0 Å². The Morgan fingerprint density at radius 2 is 1.87 bits per heavy atom. The Bertz CT molecular complexity index is 696. The molecule has 2 aromatic rings. The van der Waals surface area contributed by atoms with Crippen molar-refractivity contribution in [3.05, 3.63) is 53.1 Å². The average Bonchev–Trinajstić information content (AvgIpc) is 2.52. The van der Waals surface area contributed by atoms with Gasteiger partial charge in [-0.05, 0) is 55.7 Å². The van der Waals surface area contributed by atoms with Gasteiger partial charge in [-0.3, -0.25) is 4.79 Å². The maximum atomic E-state index is 12.1. The third-order valence-electron chi connectivity index (χ3n) is 3.90. The number of rotatable bonds is 6. The minimum atomic E-state index is -0.0355. The second kappa shape index (κ2) is 7.68. The molecule has 4 nitrogen and oxygen atoms in total. The lowest BCUT2D eigenvalue weighted by molar-refractivity contribution is -0.116. The molecule has 0 radical (unpaired) electrons. The quantitative estimate of drug-likeness (QED) is 0.845. The van der Waals surface area contributed by atoms with Gasteiger partial charge in [-0.25, -0.2) is 0 Å². The molecule has 4 heteroatoms. The summed E-state index contributed by atoms with van der Waals surface area (Å²) >= 11 is 0. The van der Waals surface area contributed by atoms with Gasteiger partial charge in [0.15, 0.2) is 0 Å². The lowest BCUT2D eigenvalue weighted by Crippen LogP contribution is -2.17. The fourth-order valence-electron chi connectivity index (χ4n) is 2.39. The second-order valence-electron chi connectivity index (χ2n) is 5.68. The number of carbonyl (C=O) groups is 1. The standard InChI is InChI=1S/C19H24N2O2/c1-13-8-9-18(23-4)17(12-13)21-19(22)10-11-20-16-7-5-6-14(2)15(16)3/h5-9,12,20H,10-11H2,1-4H3,(H,21,22). The zero-order valence-electron chi connectivity index (χ0n) is 14.2. The number of hydrogen-bond donors (Lipinski definition) is 2. The number of aryl methyl sites for hydroxylation is 2. The molecule has 122 valence electrons. The summed E-state index contributed by atoms with van der Waals surface area (Å²) in [7, 11) is 1.60. The Kier molecular flexibility index (Phi) is 5.63. The summed E-state index contributed by atoms with van der Waals surface area (Å²) in [6, 6.07) is 11.9. The molecule has 0 aliphatic heterocycles. The van der Waals surface area contributed by atoms with Gasteiger partial charge in [0.05, 0.1) is 12.8 Å². The van der Waals surface area contributed by atoms with Crippen molar-refractivity contribution in [2.75, 3.05) is 24.3 Å². The fourth-order valence-corrected chi connectivity index (χ4v) is 2.39. The van der Waals surface area contributed by atoms with Gasteiger partial charge < -0.3 is 15.4 Å². The van der Waals surface area contributed by atoms with E-state index in [1.54, 1.807) is 7.11 Å². The van der Waals surface area contributed by atoms with E-state index in [-0.39, 0.29) is 5.91 Å². The van der Waals surface area contributed by atoms with E-state index in [0.717, 1.165) is 11.3 Å². The first-order chi connectivity index (χ1) is 11.0. The molecule has 0 aliphatic carbocycles. The minimum Gasteiger partial charge on any atom is -0.495 e. The second-order valence-corrected chi connectivity index (χ2v) is 5.68. The number of carbonyl (C=O) groups excluding carboxylic acids is 1. The largest absolute Gasteiger partial charge is 0.495 e. The van der Waals surface area contributed by atoms with E-state index < -0.39 is 0 Å². The molecule has 0 aliphatic rings. The van der Waals surface area contributed by atoms with Crippen LogP contribution in [0.5, 0.6) is 5.75 Å². The van der Waals surface area contributed by atoms with Gasteiger partial charge in [0.25, 0.3) is 0 Å². The van der Waals surface area contributed by atoms with Crippen LogP contribution in [-0.2, 0) is 4.79 Å². The molecular weight excluding hydrogens is 288 g/mol. The van der Waals surface area contributed by atoms with Crippen LogP contribution in [0.25, 0.3) is 0 Å². The summed E-state index contributed by atoms with van der Waals surface area (Å²) in [4.78, 5) is 12.1. The fraction of sp³-hybridized carbons (Fsp3) is 0.316. The summed E-state index contributed by atoms with van der Waals surface area (Å²) in [6.07, 6.45) is 0.393. The third kappa shape index (κ3) is 4.49. The Balaban J connectivity index is 1.91. The number of nitrogens with one attached hydrogen (secondary N) is 2. The highest BCUT2D eigenvalue weighted by Gasteiger charge is 2.08. The van der Waals surface area contributed by atoms with Crippen molar-refractivity contribution < 1.29 is 9.53 Å². The van der Waals surface area contributed by atoms with Crippen LogP contribution in [0.4, 0.5) is 11.4 Å². The molecule has 0 aromatic heterocycles. The van der Waals surface area contributed by atoms with E-state index >= 15 is 0 Å². The number of amides is 1. The van der Waals surface area contributed by atoms with Crippen LogP contribution in [0.15, 0.2) is 36.4 Å². The molecule has 0 saturated heterocycles. The summed E-state index contributed by atoms with van der Waals surface area (Å²) < 4.78 is 5.27. The molecule has 2 aromatic carbocycles. The van der Waals surface area contributed by atoms with Crippen molar-refractivity contribution in [1.82, 2.24) is 0 Å². The van der Waals surface area contributed by atoms with Gasteiger partial charge in [0.2, 0.25) is 5.91 Å². The van der Waals surface area contributed by atoms with Crippen molar-refractivity contribution in [1.29, 1.82) is 0 Å². The number of hydrogen-bond acceptors (Lipinski definition) is 3. The van der Waals surface area contributed by atoms with Crippen LogP contribution in [-0.4, -0.2) is 19.6 Å². The van der Waals surface area contributed by atoms with Crippen molar-refractivity contribution in [2.45, 2.75) is 27.2 Å². The first-order valence-electron chi connectivity index (χ1n) is 7.76. The Labute approximate surface area is 137 Å². The van der Waals surface area contributed by atoms with Crippen LogP contribution < -0.4 is 15.4 Å². The maximum Gasteiger partial charge on any atom is 0.226 e. The summed E-state index contributed by atoms with van der Waals surface area (Å²) in [5.74, 6) is 0.637. The van der Waals surface area contributed by atoms with Crippen molar-refractivity contribution in [3.63, 3.8) is 0 Å². The smallest absolute Gasteiger partial charge is 0.226 e. The highest BCUT2D eigenvalue weighted by molar-refractivity contribution is 5.92. The van der Waals surface area contributed by atoms with Crippen LogP contribution in [0.1, 0.15) is 23.1 Å². The Hall–Kier alpha value is -2.49. The maximum absolute atomic E-state index is 12.1.